The topological polar surface area (TPSA) is 30.5 Å². The first-order valence-corrected chi connectivity index (χ1v) is 6.92. The molecule has 0 amide bonds. The summed E-state index contributed by atoms with van der Waals surface area (Å²) < 4.78 is 35.4. The molecular weight excluding hydrogens is 272 g/mol. The lowest BCUT2D eigenvalue weighted by Gasteiger charge is -2.35. The molecule has 106 valence electrons. The third-order valence-corrected chi connectivity index (χ3v) is 3.44. The van der Waals surface area contributed by atoms with Crippen molar-refractivity contribution in [3.63, 3.8) is 0 Å². The molecule has 1 N–H and O–H groups in total. The molecule has 1 fully saturated rings. The number of benzene rings is 1. The predicted octanol–water partition coefficient (Wildman–Crippen LogP) is 3.56. The van der Waals surface area contributed by atoms with E-state index in [-0.39, 0.29) is 6.04 Å². The number of hydrogen-bond acceptors (Lipinski definition) is 4. The fourth-order valence-corrected chi connectivity index (χ4v) is 2.24. The molecule has 0 bridgehead atoms. The monoisotopic (exact) mass is 289 g/mol. The molecule has 1 aliphatic heterocycles. The highest BCUT2D eigenvalue weighted by atomic mass is 32.2. The molecule has 0 saturated carbocycles. The number of rotatable bonds is 4. The fourth-order valence-electron chi connectivity index (χ4n) is 1.74. The average Bonchev–Trinajstić information content (AvgIpc) is 2.34. The molecule has 1 heterocycles. The molecule has 1 aromatic rings. The van der Waals surface area contributed by atoms with E-state index < -0.39 is 11.5 Å². The van der Waals surface area contributed by atoms with Gasteiger partial charge in [0.05, 0.1) is 19.3 Å². The summed E-state index contributed by atoms with van der Waals surface area (Å²) in [5.74, 6) is -2.92. The number of halogens is 2. The molecule has 19 heavy (non-hydrogen) atoms. The van der Waals surface area contributed by atoms with Crippen molar-refractivity contribution in [3.8, 4) is 0 Å². The van der Waals surface area contributed by atoms with Crippen LogP contribution >= 0.6 is 11.8 Å². The van der Waals surface area contributed by atoms with Crippen LogP contribution in [0.2, 0.25) is 0 Å². The lowest BCUT2D eigenvalue weighted by Crippen LogP contribution is -2.45. The Labute approximate surface area is 115 Å². The quantitative estimate of drug-likeness (QED) is 0.859. The van der Waals surface area contributed by atoms with Crippen LogP contribution in [0.4, 0.5) is 14.5 Å². The number of ether oxygens (including phenoxy) is 2. The molecule has 1 aromatic carbocycles. The summed E-state index contributed by atoms with van der Waals surface area (Å²) >= 11 is 0.542. The van der Waals surface area contributed by atoms with Crippen molar-refractivity contribution >= 4 is 17.4 Å². The third kappa shape index (κ3) is 4.63. The summed E-state index contributed by atoms with van der Waals surface area (Å²) in [5, 5.41) is 3.25. The Hall–Kier alpha value is -0.850. The SMILES string of the molecule is CC1(C)OCC(Nc2ccc(SC(F)F)cc2)CO1. The van der Waals surface area contributed by atoms with Gasteiger partial charge < -0.3 is 14.8 Å². The average molecular weight is 289 g/mol. The van der Waals surface area contributed by atoms with Crippen molar-refractivity contribution in [3.05, 3.63) is 24.3 Å². The third-order valence-electron chi connectivity index (χ3n) is 2.71. The summed E-state index contributed by atoms with van der Waals surface area (Å²) in [6.45, 7) is 4.86. The largest absolute Gasteiger partial charge is 0.378 e. The minimum absolute atomic E-state index is 0.0710. The first kappa shape index (κ1) is 14.6. The van der Waals surface area contributed by atoms with E-state index >= 15 is 0 Å². The van der Waals surface area contributed by atoms with Gasteiger partial charge in [-0.25, -0.2) is 0 Å². The maximum absolute atomic E-state index is 12.2. The van der Waals surface area contributed by atoms with E-state index in [1.54, 1.807) is 24.3 Å². The molecule has 6 heteroatoms. The van der Waals surface area contributed by atoms with Gasteiger partial charge in [-0.05, 0) is 38.1 Å². The predicted molar refractivity (Wildman–Crippen MR) is 71.7 cm³/mol. The Morgan fingerprint density at radius 1 is 1.21 bits per heavy atom. The molecular formula is C13H17F2NO2S. The molecule has 0 aromatic heterocycles. The second-order valence-corrected chi connectivity index (χ2v) is 5.83. The van der Waals surface area contributed by atoms with E-state index in [4.69, 9.17) is 9.47 Å². The van der Waals surface area contributed by atoms with Gasteiger partial charge in [0.1, 0.15) is 0 Å². The highest BCUT2D eigenvalue weighted by Crippen LogP contribution is 2.26. The molecule has 0 atom stereocenters. The summed E-state index contributed by atoms with van der Waals surface area (Å²) in [7, 11) is 0. The van der Waals surface area contributed by atoms with Crippen LogP contribution in [0.15, 0.2) is 29.2 Å². The van der Waals surface area contributed by atoms with Crippen LogP contribution in [0.5, 0.6) is 0 Å². The zero-order valence-corrected chi connectivity index (χ0v) is 11.7. The van der Waals surface area contributed by atoms with Gasteiger partial charge in [0.25, 0.3) is 5.76 Å². The van der Waals surface area contributed by atoms with E-state index in [0.29, 0.717) is 29.9 Å². The van der Waals surface area contributed by atoms with E-state index in [1.165, 1.54) is 0 Å². The first-order chi connectivity index (χ1) is 8.94. The van der Waals surface area contributed by atoms with Gasteiger partial charge in [-0.15, -0.1) is 0 Å². The van der Waals surface area contributed by atoms with Crippen LogP contribution in [-0.2, 0) is 9.47 Å². The minimum Gasteiger partial charge on any atom is -0.378 e. The van der Waals surface area contributed by atoms with Gasteiger partial charge in [-0.2, -0.15) is 8.78 Å². The molecule has 0 unspecified atom stereocenters. The molecule has 0 aliphatic carbocycles. The number of thioether (sulfide) groups is 1. The zero-order chi connectivity index (χ0) is 13.9. The van der Waals surface area contributed by atoms with E-state index in [9.17, 15) is 8.78 Å². The lowest BCUT2D eigenvalue weighted by atomic mass is 10.2. The number of alkyl halides is 2. The van der Waals surface area contributed by atoms with Crippen LogP contribution in [0.25, 0.3) is 0 Å². The van der Waals surface area contributed by atoms with Crippen molar-refractivity contribution in [2.45, 2.75) is 36.3 Å². The van der Waals surface area contributed by atoms with Crippen molar-refractivity contribution in [1.29, 1.82) is 0 Å². The Bertz CT molecular complexity index is 402. The highest BCUT2D eigenvalue weighted by molar-refractivity contribution is 7.99. The smallest absolute Gasteiger partial charge is 0.288 e. The molecule has 3 nitrogen and oxygen atoms in total. The summed E-state index contributed by atoms with van der Waals surface area (Å²) in [5.41, 5.74) is 0.871. The van der Waals surface area contributed by atoms with E-state index in [1.807, 2.05) is 13.8 Å². The number of nitrogens with one attached hydrogen (secondary N) is 1. The van der Waals surface area contributed by atoms with Crippen molar-refractivity contribution in [2.24, 2.45) is 0 Å². The van der Waals surface area contributed by atoms with Crippen LogP contribution in [0, 0.1) is 0 Å². The molecule has 0 radical (unpaired) electrons. The Morgan fingerprint density at radius 2 is 1.79 bits per heavy atom. The minimum atomic E-state index is -2.39. The highest BCUT2D eigenvalue weighted by Gasteiger charge is 2.28. The summed E-state index contributed by atoms with van der Waals surface area (Å²) in [6, 6.07) is 6.98. The standard InChI is InChI=1S/C13H17F2NO2S/c1-13(2)17-7-10(8-18-13)16-9-3-5-11(6-4-9)19-12(14)15/h3-6,10,12,16H,7-8H2,1-2H3. The van der Waals surface area contributed by atoms with Crippen LogP contribution in [0.3, 0.4) is 0 Å². The van der Waals surface area contributed by atoms with Gasteiger partial charge in [0.15, 0.2) is 5.79 Å². The normalized spacial score (nSPS) is 19.6. The van der Waals surface area contributed by atoms with Crippen molar-refractivity contribution in [2.75, 3.05) is 18.5 Å². The zero-order valence-electron chi connectivity index (χ0n) is 10.9. The number of anilines is 1. The Morgan fingerprint density at radius 3 is 2.32 bits per heavy atom. The van der Waals surface area contributed by atoms with Gasteiger partial charge in [0, 0.05) is 10.6 Å². The van der Waals surface area contributed by atoms with Crippen LogP contribution < -0.4 is 5.32 Å². The summed E-state index contributed by atoms with van der Waals surface area (Å²) in [4.78, 5) is 0.554. The first-order valence-electron chi connectivity index (χ1n) is 6.04. The van der Waals surface area contributed by atoms with Gasteiger partial charge in [-0.3, -0.25) is 0 Å². The summed E-state index contributed by atoms with van der Waals surface area (Å²) in [6.07, 6.45) is 0. The number of hydrogen-bond donors (Lipinski definition) is 1. The fraction of sp³-hybridized carbons (Fsp3) is 0.538. The van der Waals surface area contributed by atoms with E-state index in [2.05, 4.69) is 5.32 Å². The van der Waals surface area contributed by atoms with E-state index in [0.717, 1.165) is 5.69 Å². The molecule has 1 aliphatic rings. The van der Waals surface area contributed by atoms with Gasteiger partial charge in [-0.1, -0.05) is 11.8 Å². The Kier molecular flexibility index (Phi) is 4.65. The Balaban J connectivity index is 1.86. The maximum Gasteiger partial charge on any atom is 0.288 e. The van der Waals surface area contributed by atoms with Crippen LogP contribution in [-0.4, -0.2) is 30.8 Å². The van der Waals surface area contributed by atoms with Gasteiger partial charge >= 0.3 is 0 Å². The lowest BCUT2D eigenvalue weighted by molar-refractivity contribution is -0.247. The maximum atomic E-state index is 12.2. The van der Waals surface area contributed by atoms with Gasteiger partial charge in [0.2, 0.25) is 0 Å². The van der Waals surface area contributed by atoms with Crippen molar-refractivity contribution in [1.82, 2.24) is 0 Å². The second kappa shape index (κ2) is 6.07. The van der Waals surface area contributed by atoms with Crippen molar-refractivity contribution < 1.29 is 18.3 Å². The molecule has 1 saturated heterocycles. The molecule has 0 spiro atoms. The second-order valence-electron chi connectivity index (χ2n) is 4.77. The van der Waals surface area contributed by atoms with Crippen LogP contribution in [0.1, 0.15) is 13.8 Å². The molecule has 2 rings (SSSR count).